The summed E-state index contributed by atoms with van der Waals surface area (Å²) < 4.78 is 24.5. The van der Waals surface area contributed by atoms with E-state index in [1.165, 1.54) is 18.3 Å². The number of nitrogens with one attached hydrogen (secondary N) is 1. The highest BCUT2D eigenvalue weighted by molar-refractivity contribution is 7.89. The largest absolute Gasteiger partial charge is 0.345 e. The maximum atomic E-state index is 12.4. The predicted octanol–water partition coefficient (Wildman–Crippen LogP) is 1.41. The molecule has 0 saturated carbocycles. The minimum absolute atomic E-state index is 0.00124. The SMILES string of the molecule is CC(NC(=O)c1ccc(-n2cccn2)nc1)c1cccc(S(N)(=O)=O)c1. The third kappa shape index (κ3) is 3.95. The van der Waals surface area contributed by atoms with Crippen molar-refractivity contribution in [1.29, 1.82) is 0 Å². The number of carbonyl (C=O) groups excluding carboxylic acids is 1. The van der Waals surface area contributed by atoms with Crippen LogP contribution in [0.4, 0.5) is 0 Å². The molecule has 3 aromatic rings. The fourth-order valence-electron chi connectivity index (χ4n) is 2.38. The third-order valence-corrected chi connectivity index (χ3v) is 4.69. The van der Waals surface area contributed by atoms with Gasteiger partial charge in [0, 0.05) is 18.6 Å². The summed E-state index contributed by atoms with van der Waals surface area (Å²) in [5.74, 6) is 0.276. The predicted molar refractivity (Wildman–Crippen MR) is 95.1 cm³/mol. The third-order valence-electron chi connectivity index (χ3n) is 3.78. The number of sulfonamides is 1. The second kappa shape index (κ2) is 7.06. The molecule has 8 nitrogen and oxygen atoms in total. The van der Waals surface area contributed by atoms with Gasteiger partial charge in [0.05, 0.1) is 16.5 Å². The molecule has 3 N–H and O–H groups in total. The van der Waals surface area contributed by atoms with Crippen LogP contribution in [0.3, 0.4) is 0 Å². The first-order chi connectivity index (χ1) is 12.3. The van der Waals surface area contributed by atoms with E-state index in [-0.39, 0.29) is 10.8 Å². The summed E-state index contributed by atoms with van der Waals surface area (Å²) in [6.45, 7) is 1.76. The van der Waals surface area contributed by atoms with Gasteiger partial charge in [-0.3, -0.25) is 4.79 Å². The molecule has 0 aliphatic carbocycles. The molecule has 0 fully saturated rings. The van der Waals surface area contributed by atoms with Gasteiger partial charge in [-0.2, -0.15) is 5.10 Å². The Morgan fingerprint density at radius 2 is 2.04 bits per heavy atom. The monoisotopic (exact) mass is 371 g/mol. The zero-order valence-electron chi connectivity index (χ0n) is 13.9. The van der Waals surface area contributed by atoms with Crippen molar-refractivity contribution in [2.24, 2.45) is 5.14 Å². The molecule has 26 heavy (non-hydrogen) atoms. The summed E-state index contributed by atoms with van der Waals surface area (Å²) in [5.41, 5.74) is 1.02. The fraction of sp³-hybridized carbons (Fsp3) is 0.118. The van der Waals surface area contributed by atoms with E-state index in [9.17, 15) is 13.2 Å². The highest BCUT2D eigenvalue weighted by Crippen LogP contribution is 2.17. The molecule has 0 saturated heterocycles. The number of rotatable bonds is 5. The highest BCUT2D eigenvalue weighted by Gasteiger charge is 2.15. The highest BCUT2D eigenvalue weighted by atomic mass is 32.2. The Morgan fingerprint density at radius 1 is 1.23 bits per heavy atom. The number of nitrogens with two attached hydrogens (primary N) is 1. The topological polar surface area (TPSA) is 120 Å². The second-order valence-corrected chi connectivity index (χ2v) is 7.23. The first kappa shape index (κ1) is 17.8. The lowest BCUT2D eigenvalue weighted by Crippen LogP contribution is -2.27. The zero-order valence-corrected chi connectivity index (χ0v) is 14.7. The molecule has 0 bridgehead atoms. The van der Waals surface area contributed by atoms with Crippen molar-refractivity contribution in [2.75, 3.05) is 0 Å². The molecule has 0 radical (unpaired) electrons. The summed E-state index contributed by atoms with van der Waals surface area (Å²) in [6, 6.07) is 10.9. The molecule has 0 aliphatic heterocycles. The summed E-state index contributed by atoms with van der Waals surface area (Å²) in [6.07, 6.45) is 4.85. The zero-order chi connectivity index (χ0) is 18.7. The first-order valence-electron chi connectivity index (χ1n) is 7.74. The molecule has 0 aliphatic rings. The molecule has 1 unspecified atom stereocenters. The van der Waals surface area contributed by atoms with Crippen molar-refractivity contribution in [1.82, 2.24) is 20.1 Å². The van der Waals surface area contributed by atoms with Crippen LogP contribution in [-0.4, -0.2) is 29.1 Å². The van der Waals surface area contributed by atoms with Crippen molar-refractivity contribution < 1.29 is 13.2 Å². The minimum Gasteiger partial charge on any atom is -0.345 e. The van der Waals surface area contributed by atoms with Crippen LogP contribution < -0.4 is 10.5 Å². The van der Waals surface area contributed by atoms with Gasteiger partial charge in [-0.05, 0) is 42.8 Å². The maximum Gasteiger partial charge on any atom is 0.253 e. The lowest BCUT2D eigenvalue weighted by molar-refractivity contribution is 0.0939. The van der Waals surface area contributed by atoms with Gasteiger partial charge in [0.25, 0.3) is 5.91 Å². The lowest BCUT2D eigenvalue weighted by atomic mass is 10.1. The van der Waals surface area contributed by atoms with E-state index >= 15 is 0 Å². The Bertz CT molecular complexity index is 1010. The quantitative estimate of drug-likeness (QED) is 0.702. The van der Waals surface area contributed by atoms with E-state index in [0.717, 1.165) is 0 Å². The summed E-state index contributed by atoms with van der Waals surface area (Å²) in [5, 5.41) is 12.0. The van der Waals surface area contributed by atoms with Crippen molar-refractivity contribution >= 4 is 15.9 Å². The van der Waals surface area contributed by atoms with Crippen molar-refractivity contribution in [3.8, 4) is 5.82 Å². The number of amides is 1. The van der Waals surface area contributed by atoms with Gasteiger partial charge < -0.3 is 5.32 Å². The van der Waals surface area contributed by atoms with Gasteiger partial charge in [-0.25, -0.2) is 23.2 Å². The van der Waals surface area contributed by atoms with Crippen molar-refractivity contribution in [3.05, 3.63) is 72.2 Å². The summed E-state index contributed by atoms with van der Waals surface area (Å²) >= 11 is 0. The number of pyridine rings is 1. The molecule has 9 heteroatoms. The van der Waals surface area contributed by atoms with E-state index < -0.39 is 16.1 Å². The average Bonchev–Trinajstić information content (AvgIpc) is 3.16. The number of aromatic nitrogens is 3. The lowest BCUT2D eigenvalue weighted by Gasteiger charge is -2.15. The number of benzene rings is 1. The normalized spacial score (nSPS) is 12.5. The van der Waals surface area contributed by atoms with Crippen LogP contribution >= 0.6 is 0 Å². The van der Waals surface area contributed by atoms with Crippen molar-refractivity contribution in [3.63, 3.8) is 0 Å². The molecule has 2 aromatic heterocycles. The Balaban J connectivity index is 1.73. The van der Waals surface area contributed by atoms with Crippen LogP contribution in [0, 0.1) is 0 Å². The van der Waals surface area contributed by atoms with Crippen LogP contribution in [0.5, 0.6) is 0 Å². The van der Waals surface area contributed by atoms with E-state index in [1.54, 1.807) is 54.3 Å². The fourth-order valence-corrected chi connectivity index (χ4v) is 2.95. The maximum absolute atomic E-state index is 12.4. The van der Waals surface area contributed by atoms with Gasteiger partial charge in [-0.1, -0.05) is 12.1 Å². The second-order valence-electron chi connectivity index (χ2n) is 5.67. The van der Waals surface area contributed by atoms with Gasteiger partial charge in [0.1, 0.15) is 0 Å². The standard InChI is InChI=1S/C17H17N5O3S/c1-12(13-4-2-5-15(10-13)26(18,24)25)21-17(23)14-6-7-16(19-11-14)22-9-3-8-20-22/h2-12H,1H3,(H,21,23)(H2,18,24,25). The first-order valence-corrected chi connectivity index (χ1v) is 9.29. The van der Waals surface area contributed by atoms with Gasteiger partial charge in [0.2, 0.25) is 10.0 Å². The molecule has 2 heterocycles. The number of primary sulfonamides is 1. The van der Waals surface area contributed by atoms with E-state index in [4.69, 9.17) is 5.14 Å². The Labute approximate surface area is 150 Å². The Kier molecular flexibility index (Phi) is 4.83. The summed E-state index contributed by atoms with van der Waals surface area (Å²) in [4.78, 5) is 16.6. The van der Waals surface area contributed by atoms with Crippen LogP contribution in [0.2, 0.25) is 0 Å². The molecule has 3 rings (SSSR count). The van der Waals surface area contributed by atoms with Crippen LogP contribution in [0.15, 0.2) is 66.0 Å². The van der Waals surface area contributed by atoms with Crippen molar-refractivity contribution in [2.45, 2.75) is 17.9 Å². The number of hydrogen-bond donors (Lipinski definition) is 2. The molecule has 134 valence electrons. The number of nitrogens with zero attached hydrogens (tertiary/aromatic N) is 3. The van der Waals surface area contributed by atoms with Crippen LogP contribution in [0.25, 0.3) is 5.82 Å². The molecular weight excluding hydrogens is 354 g/mol. The molecule has 1 atom stereocenters. The van der Waals surface area contributed by atoms with Gasteiger partial charge in [0.15, 0.2) is 5.82 Å². The smallest absolute Gasteiger partial charge is 0.253 e. The van der Waals surface area contributed by atoms with Gasteiger partial charge >= 0.3 is 0 Å². The minimum atomic E-state index is -3.80. The molecular formula is C17H17N5O3S. The van der Waals surface area contributed by atoms with E-state index in [1.807, 2.05) is 0 Å². The van der Waals surface area contributed by atoms with Crippen LogP contribution in [0.1, 0.15) is 28.9 Å². The number of carbonyl (C=O) groups is 1. The van der Waals surface area contributed by atoms with Crippen LogP contribution in [-0.2, 0) is 10.0 Å². The molecule has 1 aromatic carbocycles. The summed E-state index contributed by atoms with van der Waals surface area (Å²) in [7, 11) is -3.80. The van der Waals surface area contributed by atoms with Gasteiger partial charge in [-0.15, -0.1) is 0 Å². The molecule has 0 spiro atoms. The van der Waals surface area contributed by atoms with E-state index in [2.05, 4.69) is 15.4 Å². The Morgan fingerprint density at radius 3 is 2.65 bits per heavy atom. The van der Waals surface area contributed by atoms with E-state index in [0.29, 0.717) is 16.9 Å². The average molecular weight is 371 g/mol. The Hall–Kier alpha value is -3.04. The molecule has 1 amide bonds. The number of hydrogen-bond acceptors (Lipinski definition) is 5.